The van der Waals surface area contributed by atoms with Crippen LogP contribution in [0.2, 0.25) is 0 Å². The average Bonchev–Trinajstić information content (AvgIpc) is 2.96. The van der Waals surface area contributed by atoms with E-state index >= 15 is 0 Å². The van der Waals surface area contributed by atoms with Gasteiger partial charge in [0, 0.05) is 18.7 Å². The number of hydrogen-bond donors (Lipinski definition) is 1. The van der Waals surface area contributed by atoms with E-state index in [0.29, 0.717) is 4.73 Å². The van der Waals surface area contributed by atoms with Gasteiger partial charge < -0.3 is 15.2 Å². The summed E-state index contributed by atoms with van der Waals surface area (Å²) in [4.78, 5) is 13.9. The number of rotatable bonds is 2. The van der Waals surface area contributed by atoms with E-state index < -0.39 is 29.8 Å². The zero-order valence-corrected chi connectivity index (χ0v) is 13.0. The molecule has 1 aromatic carbocycles. The van der Waals surface area contributed by atoms with Crippen LogP contribution >= 0.6 is 0 Å². The number of amides is 1. The van der Waals surface area contributed by atoms with E-state index in [4.69, 9.17) is 0 Å². The van der Waals surface area contributed by atoms with Gasteiger partial charge in [0.15, 0.2) is 6.20 Å². The fourth-order valence-electron chi connectivity index (χ4n) is 3.02. The van der Waals surface area contributed by atoms with E-state index in [-0.39, 0.29) is 24.2 Å². The standard InChI is InChI=1S/C17H15F3N2O3/c18-17(19,20)12-5-3-4-11(8-12)15-9-13(23)10-21(15)16(24)14-6-1-2-7-22(14)25/h1-8,13,15,23H,9-10H2/t13-,15-/m0/s1. The number of nitrogens with zero attached hydrogens (tertiary/aromatic N) is 2. The van der Waals surface area contributed by atoms with Crippen LogP contribution in [-0.4, -0.2) is 28.6 Å². The van der Waals surface area contributed by atoms with Crippen molar-refractivity contribution >= 4 is 5.91 Å². The molecule has 0 spiro atoms. The van der Waals surface area contributed by atoms with Crippen LogP contribution in [0, 0.1) is 5.21 Å². The Bertz CT molecular complexity index is 795. The minimum Gasteiger partial charge on any atom is -0.618 e. The van der Waals surface area contributed by atoms with Gasteiger partial charge >= 0.3 is 12.1 Å². The molecule has 1 saturated heterocycles. The van der Waals surface area contributed by atoms with Gasteiger partial charge in [-0.25, -0.2) is 0 Å². The van der Waals surface area contributed by atoms with Crippen LogP contribution in [0.15, 0.2) is 48.7 Å². The van der Waals surface area contributed by atoms with E-state index in [1.165, 1.54) is 41.4 Å². The number of pyridine rings is 1. The molecular weight excluding hydrogens is 337 g/mol. The second-order valence-electron chi connectivity index (χ2n) is 5.90. The summed E-state index contributed by atoms with van der Waals surface area (Å²) in [6, 6.07) is 8.26. The molecule has 1 aromatic heterocycles. The quantitative estimate of drug-likeness (QED) is 0.666. The number of aromatic nitrogens is 1. The molecule has 25 heavy (non-hydrogen) atoms. The number of likely N-dealkylation sites (tertiary alicyclic amines) is 1. The molecule has 8 heteroatoms. The fraction of sp³-hybridized carbons (Fsp3) is 0.294. The summed E-state index contributed by atoms with van der Waals surface area (Å²) in [6.07, 6.45) is -4.09. The van der Waals surface area contributed by atoms with Crippen molar-refractivity contribution in [1.82, 2.24) is 4.90 Å². The molecule has 5 nitrogen and oxygen atoms in total. The second kappa shape index (κ2) is 6.36. The number of aliphatic hydroxyl groups is 1. The highest BCUT2D eigenvalue weighted by Crippen LogP contribution is 2.36. The largest absolute Gasteiger partial charge is 0.618 e. The van der Waals surface area contributed by atoms with Gasteiger partial charge in [0.25, 0.3) is 5.69 Å². The Morgan fingerprint density at radius 1 is 1.24 bits per heavy atom. The Labute approximate surface area is 141 Å². The van der Waals surface area contributed by atoms with Crippen LogP contribution in [0.3, 0.4) is 0 Å². The Morgan fingerprint density at radius 3 is 2.68 bits per heavy atom. The number of carbonyl (C=O) groups is 1. The number of hydrogen-bond acceptors (Lipinski definition) is 3. The summed E-state index contributed by atoms with van der Waals surface area (Å²) in [5, 5.41) is 21.7. The molecule has 2 aromatic rings. The molecule has 2 heterocycles. The lowest BCUT2D eigenvalue weighted by Gasteiger charge is -2.24. The summed E-state index contributed by atoms with van der Waals surface area (Å²) < 4.78 is 39.2. The topological polar surface area (TPSA) is 67.5 Å². The zero-order valence-electron chi connectivity index (χ0n) is 13.0. The highest BCUT2D eigenvalue weighted by atomic mass is 19.4. The van der Waals surface area contributed by atoms with Gasteiger partial charge in [0.2, 0.25) is 0 Å². The van der Waals surface area contributed by atoms with Crippen LogP contribution in [0.5, 0.6) is 0 Å². The minimum absolute atomic E-state index is 0.0470. The van der Waals surface area contributed by atoms with Crippen LogP contribution in [0.4, 0.5) is 13.2 Å². The van der Waals surface area contributed by atoms with E-state index in [2.05, 4.69) is 0 Å². The molecular formula is C17H15F3N2O3. The molecule has 1 N–H and O–H groups in total. The molecule has 0 radical (unpaired) electrons. The lowest BCUT2D eigenvalue weighted by atomic mass is 10.0. The number of aliphatic hydroxyl groups excluding tert-OH is 1. The minimum atomic E-state index is -4.50. The summed E-state index contributed by atoms with van der Waals surface area (Å²) in [7, 11) is 0. The van der Waals surface area contributed by atoms with Gasteiger partial charge in [-0.05, 0) is 30.2 Å². The van der Waals surface area contributed by atoms with Gasteiger partial charge in [-0.2, -0.15) is 17.9 Å². The predicted octanol–water partition coefficient (Wildman–Crippen LogP) is 2.29. The maximum absolute atomic E-state index is 12.9. The molecule has 2 atom stereocenters. The third-order valence-electron chi connectivity index (χ3n) is 4.18. The van der Waals surface area contributed by atoms with Crippen LogP contribution in [0.1, 0.15) is 34.1 Å². The van der Waals surface area contributed by atoms with Gasteiger partial charge in [-0.1, -0.05) is 12.1 Å². The van der Waals surface area contributed by atoms with Crippen molar-refractivity contribution in [3.8, 4) is 0 Å². The van der Waals surface area contributed by atoms with Gasteiger partial charge in [0.05, 0.1) is 17.7 Å². The summed E-state index contributed by atoms with van der Waals surface area (Å²) in [6.45, 7) is -0.0470. The van der Waals surface area contributed by atoms with Gasteiger partial charge in [0.1, 0.15) is 0 Å². The molecule has 0 bridgehead atoms. The van der Waals surface area contributed by atoms with Crippen molar-refractivity contribution < 1.29 is 27.8 Å². The van der Waals surface area contributed by atoms with Gasteiger partial charge in [-0.3, -0.25) is 4.79 Å². The molecule has 0 saturated carbocycles. The van der Waals surface area contributed by atoms with Crippen LogP contribution < -0.4 is 4.73 Å². The molecule has 1 aliphatic rings. The predicted molar refractivity (Wildman–Crippen MR) is 81.2 cm³/mol. The van der Waals surface area contributed by atoms with E-state index in [9.17, 15) is 28.3 Å². The molecule has 0 aliphatic carbocycles. The number of alkyl halides is 3. The van der Waals surface area contributed by atoms with Crippen molar-refractivity contribution in [2.75, 3.05) is 6.54 Å². The molecule has 1 aliphatic heterocycles. The van der Waals surface area contributed by atoms with E-state index in [0.717, 1.165) is 12.1 Å². The first kappa shape index (κ1) is 17.2. The molecule has 3 rings (SSSR count). The Balaban J connectivity index is 1.95. The van der Waals surface area contributed by atoms with Crippen molar-refractivity contribution in [3.05, 3.63) is 70.7 Å². The maximum atomic E-state index is 12.9. The number of carbonyl (C=O) groups excluding carboxylic acids is 1. The highest BCUT2D eigenvalue weighted by Gasteiger charge is 2.39. The van der Waals surface area contributed by atoms with Crippen molar-refractivity contribution in [2.45, 2.75) is 24.7 Å². The van der Waals surface area contributed by atoms with Gasteiger partial charge in [-0.15, -0.1) is 0 Å². The van der Waals surface area contributed by atoms with Crippen LogP contribution in [0.25, 0.3) is 0 Å². The van der Waals surface area contributed by atoms with Crippen LogP contribution in [-0.2, 0) is 6.18 Å². The lowest BCUT2D eigenvalue weighted by Crippen LogP contribution is -2.41. The van der Waals surface area contributed by atoms with Crippen molar-refractivity contribution in [2.24, 2.45) is 0 Å². The maximum Gasteiger partial charge on any atom is 0.416 e. The third-order valence-corrected chi connectivity index (χ3v) is 4.18. The first-order valence-corrected chi connectivity index (χ1v) is 7.62. The Hall–Kier alpha value is -2.61. The molecule has 1 amide bonds. The smallest absolute Gasteiger partial charge is 0.416 e. The second-order valence-corrected chi connectivity index (χ2v) is 5.90. The summed E-state index contributed by atoms with van der Waals surface area (Å²) >= 11 is 0. The third kappa shape index (κ3) is 3.43. The average molecular weight is 352 g/mol. The summed E-state index contributed by atoms with van der Waals surface area (Å²) in [5.74, 6) is -0.630. The summed E-state index contributed by atoms with van der Waals surface area (Å²) in [5.41, 5.74) is -0.695. The highest BCUT2D eigenvalue weighted by molar-refractivity contribution is 5.91. The molecule has 1 fully saturated rings. The SMILES string of the molecule is O=C(c1cccc[n+]1[O-])N1C[C@@H](O)C[C@H]1c1cccc(C(F)(F)F)c1. The molecule has 0 unspecified atom stereocenters. The first-order chi connectivity index (χ1) is 11.8. The van der Waals surface area contributed by atoms with Crippen molar-refractivity contribution in [3.63, 3.8) is 0 Å². The normalized spacial score (nSPS) is 20.7. The number of halogens is 3. The molecule has 132 valence electrons. The number of β-amino-alcohol motifs (C(OH)–C–C–N with tert-alkyl or cyclic N) is 1. The van der Waals surface area contributed by atoms with E-state index in [1.807, 2.05) is 0 Å². The van der Waals surface area contributed by atoms with E-state index in [1.54, 1.807) is 0 Å². The monoisotopic (exact) mass is 352 g/mol. The van der Waals surface area contributed by atoms with Crippen molar-refractivity contribution in [1.29, 1.82) is 0 Å². The zero-order chi connectivity index (χ0) is 18.2. The Morgan fingerprint density at radius 2 is 2.00 bits per heavy atom. The number of benzene rings is 1. The first-order valence-electron chi connectivity index (χ1n) is 7.62. The lowest BCUT2D eigenvalue weighted by molar-refractivity contribution is -0.608. The fourth-order valence-corrected chi connectivity index (χ4v) is 3.02. The Kier molecular flexibility index (Phi) is 4.38.